The molecule has 0 unspecified atom stereocenters. The molecule has 0 aliphatic rings. The fourth-order valence-electron chi connectivity index (χ4n) is 1.26. The summed E-state index contributed by atoms with van der Waals surface area (Å²) >= 11 is 0. The van der Waals surface area contributed by atoms with Crippen LogP contribution in [0.15, 0.2) is 30.4 Å². The molecule has 0 aromatic heterocycles. The summed E-state index contributed by atoms with van der Waals surface area (Å²) in [6.45, 7) is 0.891. The third-order valence-corrected chi connectivity index (χ3v) is 2.10. The van der Waals surface area contributed by atoms with Gasteiger partial charge >= 0.3 is 0 Å². The molecule has 1 N–H and O–H groups in total. The van der Waals surface area contributed by atoms with Gasteiger partial charge in [0.05, 0.1) is 0 Å². The molecule has 0 aliphatic carbocycles. The smallest absolute Gasteiger partial charge is 0.162 e. The molecule has 1 nitrogen and oxygen atoms in total. The molecule has 0 heterocycles. The van der Waals surface area contributed by atoms with Gasteiger partial charge in [-0.3, -0.25) is 0 Å². The fourth-order valence-corrected chi connectivity index (χ4v) is 1.26. The zero-order chi connectivity index (χ0) is 11.1. The Morgan fingerprint density at radius 3 is 2.80 bits per heavy atom. The van der Waals surface area contributed by atoms with E-state index in [0.29, 0.717) is 12.0 Å². The maximum atomic E-state index is 13.2. The molecule has 1 aromatic rings. The lowest BCUT2D eigenvalue weighted by Crippen LogP contribution is -2.05. The van der Waals surface area contributed by atoms with Crippen molar-refractivity contribution < 1.29 is 8.78 Å². The van der Waals surface area contributed by atoms with Crippen molar-refractivity contribution in [1.82, 2.24) is 5.32 Å². The van der Waals surface area contributed by atoms with Crippen LogP contribution in [0, 0.1) is 11.6 Å². The molecule has 0 amide bonds. The van der Waals surface area contributed by atoms with Crippen LogP contribution in [0.25, 0.3) is 0 Å². The quantitative estimate of drug-likeness (QED) is 0.583. The first-order valence-electron chi connectivity index (χ1n) is 4.98. The average Bonchev–Trinajstić information content (AvgIpc) is 2.24. The molecule has 0 radical (unpaired) electrons. The van der Waals surface area contributed by atoms with E-state index in [4.69, 9.17) is 0 Å². The Hall–Kier alpha value is -1.22. The van der Waals surface area contributed by atoms with E-state index in [1.807, 2.05) is 19.2 Å². The van der Waals surface area contributed by atoms with Crippen molar-refractivity contribution in [2.24, 2.45) is 0 Å². The van der Waals surface area contributed by atoms with Crippen molar-refractivity contribution in [3.05, 3.63) is 47.5 Å². The summed E-state index contributed by atoms with van der Waals surface area (Å²) in [7, 11) is 1.88. The number of halogens is 2. The molecule has 1 rings (SSSR count). The van der Waals surface area contributed by atoms with Gasteiger partial charge in [-0.25, -0.2) is 8.78 Å². The molecule has 0 saturated carbocycles. The summed E-state index contributed by atoms with van der Waals surface area (Å²) in [5.41, 5.74) is 0.399. The van der Waals surface area contributed by atoms with Gasteiger partial charge in [0.25, 0.3) is 0 Å². The Morgan fingerprint density at radius 2 is 2.07 bits per heavy atom. The van der Waals surface area contributed by atoms with E-state index < -0.39 is 11.6 Å². The highest BCUT2D eigenvalue weighted by Crippen LogP contribution is 2.12. The highest BCUT2D eigenvalue weighted by Gasteiger charge is 2.04. The van der Waals surface area contributed by atoms with Crippen molar-refractivity contribution in [2.45, 2.75) is 12.8 Å². The largest absolute Gasteiger partial charge is 0.319 e. The Bertz CT molecular complexity index is 334. The summed E-state index contributed by atoms with van der Waals surface area (Å²) in [5, 5.41) is 3.00. The molecule has 0 spiro atoms. The van der Waals surface area contributed by atoms with E-state index in [0.717, 1.165) is 19.0 Å². The van der Waals surface area contributed by atoms with E-state index >= 15 is 0 Å². The second-order valence-corrected chi connectivity index (χ2v) is 3.28. The highest BCUT2D eigenvalue weighted by atomic mass is 19.2. The predicted octanol–water partition coefficient (Wildman–Crippen LogP) is 2.67. The fraction of sp³-hybridized carbons (Fsp3) is 0.333. The van der Waals surface area contributed by atoms with Gasteiger partial charge in [0, 0.05) is 0 Å². The molecular weight excluding hydrogens is 196 g/mol. The first-order valence-corrected chi connectivity index (χ1v) is 4.98. The Kier molecular flexibility index (Phi) is 4.98. The van der Waals surface area contributed by atoms with E-state index in [-0.39, 0.29) is 0 Å². The number of hydrogen-bond donors (Lipinski definition) is 1. The van der Waals surface area contributed by atoms with Gasteiger partial charge in [-0.05, 0) is 38.1 Å². The molecule has 0 atom stereocenters. The average molecular weight is 211 g/mol. The van der Waals surface area contributed by atoms with Crippen LogP contribution in [-0.4, -0.2) is 13.6 Å². The van der Waals surface area contributed by atoms with Crippen LogP contribution in [-0.2, 0) is 6.42 Å². The minimum Gasteiger partial charge on any atom is -0.319 e. The highest BCUT2D eigenvalue weighted by molar-refractivity contribution is 5.21. The Morgan fingerprint density at radius 1 is 1.27 bits per heavy atom. The molecule has 0 aliphatic heterocycles. The van der Waals surface area contributed by atoms with Crippen molar-refractivity contribution in [2.75, 3.05) is 13.6 Å². The van der Waals surface area contributed by atoms with Gasteiger partial charge in [0.2, 0.25) is 0 Å². The first kappa shape index (κ1) is 11.9. The zero-order valence-electron chi connectivity index (χ0n) is 8.76. The van der Waals surface area contributed by atoms with Gasteiger partial charge < -0.3 is 5.32 Å². The second-order valence-electron chi connectivity index (χ2n) is 3.28. The third kappa shape index (κ3) is 3.80. The molecule has 0 bridgehead atoms. The van der Waals surface area contributed by atoms with Crippen molar-refractivity contribution in [1.29, 1.82) is 0 Å². The maximum Gasteiger partial charge on any atom is 0.162 e. The zero-order valence-corrected chi connectivity index (χ0v) is 8.76. The number of allylic oxidation sites excluding steroid dienone is 1. The van der Waals surface area contributed by atoms with Crippen LogP contribution in [0.5, 0.6) is 0 Å². The van der Waals surface area contributed by atoms with Crippen LogP contribution >= 0.6 is 0 Å². The predicted molar refractivity (Wildman–Crippen MR) is 57.7 cm³/mol. The lowest BCUT2D eigenvalue weighted by molar-refractivity contribution is 0.501. The summed E-state index contributed by atoms with van der Waals surface area (Å²) in [6, 6.07) is 4.25. The standard InChI is InChI=1S/C12H15F2N/c1-15-9-4-2-3-6-10-7-5-8-11(13)12(10)14/h2-3,5,7-8,15H,4,6,9H2,1H3. The van der Waals surface area contributed by atoms with E-state index in [2.05, 4.69) is 5.32 Å². The van der Waals surface area contributed by atoms with Crippen molar-refractivity contribution in [3.8, 4) is 0 Å². The lowest BCUT2D eigenvalue weighted by atomic mass is 10.1. The van der Waals surface area contributed by atoms with Crippen LogP contribution < -0.4 is 5.32 Å². The number of benzene rings is 1. The molecule has 0 saturated heterocycles. The molecule has 15 heavy (non-hydrogen) atoms. The Balaban J connectivity index is 2.50. The molecule has 0 fully saturated rings. The van der Waals surface area contributed by atoms with Crippen LogP contribution in [0.2, 0.25) is 0 Å². The summed E-state index contributed by atoms with van der Waals surface area (Å²) < 4.78 is 26.0. The summed E-state index contributed by atoms with van der Waals surface area (Å²) in [4.78, 5) is 0. The normalized spacial score (nSPS) is 11.1. The van der Waals surface area contributed by atoms with Crippen LogP contribution in [0.4, 0.5) is 8.78 Å². The number of rotatable bonds is 5. The number of nitrogens with one attached hydrogen (secondary N) is 1. The maximum absolute atomic E-state index is 13.2. The third-order valence-electron chi connectivity index (χ3n) is 2.10. The minimum absolute atomic E-state index is 0.399. The Labute approximate surface area is 88.8 Å². The van der Waals surface area contributed by atoms with Crippen molar-refractivity contribution in [3.63, 3.8) is 0 Å². The monoisotopic (exact) mass is 211 g/mol. The first-order chi connectivity index (χ1) is 7.25. The topological polar surface area (TPSA) is 12.0 Å². The summed E-state index contributed by atoms with van der Waals surface area (Å²) in [6.07, 6.45) is 5.15. The van der Waals surface area contributed by atoms with Crippen LogP contribution in [0.3, 0.4) is 0 Å². The van der Waals surface area contributed by atoms with Gasteiger partial charge in [0.1, 0.15) is 0 Å². The molecule has 3 heteroatoms. The van der Waals surface area contributed by atoms with E-state index in [9.17, 15) is 8.78 Å². The van der Waals surface area contributed by atoms with Gasteiger partial charge in [-0.1, -0.05) is 24.3 Å². The molecule has 82 valence electrons. The molecular formula is C12H15F2N. The number of hydrogen-bond acceptors (Lipinski definition) is 1. The lowest BCUT2D eigenvalue weighted by Gasteiger charge is -1.99. The molecule has 1 aromatic carbocycles. The van der Waals surface area contributed by atoms with Gasteiger partial charge in [-0.2, -0.15) is 0 Å². The SMILES string of the molecule is CNCCC=CCc1cccc(F)c1F. The minimum atomic E-state index is -0.781. The van der Waals surface area contributed by atoms with Crippen LogP contribution in [0.1, 0.15) is 12.0 Å². The van der Waals surface area contributed by atoms with Crippen molar-refractivity contribution >= 4 is 0 Å². The second kappa shape index (κ2) is 6.30. The van der Waals surface area contributed by atoms with E-state index in [1.54, 1.807) is 6.07 Å². The van der Waals surface area contributed by atoms with Gasteiger partial charge in [0.15, 0.2) is 11.6 Å². The van der Waals surface area contributed by atoms with E-state index in [1.165, 1.54) is 6.07 Å². The van der Waals surface area contributed by atoms with Gasteiger partial charge in [-0.15, -0.1) is 0 Å². The summed E-state index contributed by atoms with van der Waals surface area (Å²) in [5.74, 6) is -1.52.